The van der Waals surface area contributed by atoms with Crippen LogP contribution in [0.25, 0.3) is 0 Å². The molecule has 0 aliphatic carbocycles. The monoisotopic (exact) mass is 242 g/mol. The lowest BCUT2D eigenvalue weighted by Gasteiger charge is -2.05. The Labute approximate surface area is 106 Å². The maximum atomic E-state index is 13.1. The van der Waals surface area contributed by atoms with Crippen molar-refractivity contribution in [2.75, 3.05) is 0 Å². The van der Waals surface area contributed by atoms with Crippen molar-refractivity contribution < 1.29 is 9.18 Å². The molecular weight excluding hydrogens is 227 g/mol. The first-order chi connectivity index (χ1) is 8.56. The summed E-state index contributed by atoms with van der Waals surface area (Å²) in [4.78, 5) is 12.1. The Balaban J connectivity index is 2.21. The maximum Gasteiger partial charge on any atom is 0.167 e. The molecule has 2 aromatic carbocycles. The summed E-state index contributed by atoms with van der Waals surface area (Å²) in [5, 5.41) is 0. The van der Waals surface area contributed by atoms with Crippen LogP contribution in [0.5, 0.6) is 0 Å². The third-order valence-electron chi connectivity index (χ3n) is 2.99. The number of carbonyl (C=O) groups excluding carboxylic acids is 1. The minimum Gasteiger partial charge on any atom is -0.294 e. The quantitative estimate of drug-likeness (QED) is 0.747. The molecule has 1 nitrogen and oxygen atoms in total. The number of halogens is 1. The maximum absolute atomic E-state index is 13.1. The number of carbonyl (C=O) groups is 1. The average molecular weight is 242 g/mol. The molecule has 0 aromatic heterocycles. The first kappa shape index (κ1) is 12.5. The summed E-state index contributed by atoms with van der Waals surface area (Å²) in [6.07, 6.45) is 0.310. The van der Waals surface area contributed by atoms with Crippen LogP contribution in [0.1, 0.15) is 27.0 Å². The molecular formula is C16H15FO. The summed E-state index contributed by atoms with van der Waals surface area (Å²) in [5.41, 5.74) is 3.39. The van der Waals surface area contributed by atoms with Gasteiger partial charge in [0.2, 0.25) is 0 Å². The molecule has 0 unspecified atom stereocenters. The van der Waals surface area contributed by atoms with Crippen molar-refractivity contribution in [3.05, 3.63) is 70.5 Å². The topological polar surface area (TPSA) is 17.1 Å². The van der Waals surface area contributed by atoms with Crippen LogP contribution < -0.4 is 0 Å². The van der Waals surface area contributed by atoms with Gasteiger partial charge in [-0.25, -0.2) is 4.39 Å². The molecule has 0 saturated heterocycles. The summed E-state index contributed by atoms with van der Waals surface area (Å²) >= 11 is 0. The molecule has 0 aliphatic heterocycles. The molecule has 0 atom stereocenters. The SMILES string of the molecule is Cc1ccc(CC(=O)c2cc(F)ccc2C)cc1. The molecule has 0 amide bonds. The van der Waals surface area contributed by atoms with Crippen LogP contribution in [0.4, 0.5) is 4.39 Å². The van der Waals surface area contributed by atoms with Gasteiger partial charge in [-0.1, -0.05) is 35.9 Å². The Hall–Kier alpha value is -1.96. The van der Waals surface area contributed by atoms with Gasteiger partial charge in [0.25, 0.3) is 0 Å². The molecule has 0 saturated carbocycles. The highest BCUT2D eigenvalue weighted by atomic mass is 19.1. The van der Waals surface area contributed by atoms with Gasteiger partial charge in [-0.2, -0.15) is 0 Å². The van der Waals surface area contributed by atoms with E-state index in [1.807, 2.05) is 38.1 Å². The van der Waals surface area contributed by atoms with Gasteiger partial charge in [-0.15, -0.1) is 0 Å². The number of hydrogen-bond donors (Lipinski definition) is 0. The fourth-order valence-electron chi connectivity index (χ4n) is 1.88. The van der Waals surface area contributed by atoms with E-state index < -0.39 is 0 Å². The van der Waals surface area contributed by atoms with E-state index in [0.717, 1.165) is 16.7 Å². The lowest BCUT2D eigenvalue weighted by molar-refractivity contribution is 0.0992. The third kappa shape index (κ3) is 2.83. The Morgan fingerprint density at radius 3 is 2.39 bits per heavy atom. The van der Waals surface area contributed by atoms with Gasteiger partial charge in [0.15, 0.2) is 5.78 Å². The smallest absolute Gasteiger partial charge is 0.167 e. The van der Waals surface area contributed by atoms with Crippen molar-refractivity contribution in [1.82, 2.24) is 0 Å². The largest absolute Gasteiger partial charge is 0.294 e. The second-order valence-electron chi connectivity index (χ2n) is 4.54. The van der Waals surface area contributed by atoms with E-state index in [4.69, 9.17) is 0 Å². The fraction of sp³-hybridized carbons (Fsp3) is 0.188. The zero-order chi connectivity index (χ0) is 13.1. The van der Waals surface area contributed by atoms with Gasteiger partial charge >= 0.3 is 0 Å². The van der Waals surface area contributed by atoms with E-state index in [9.17, 15) is 9.18 Å². The third-order valence-corrected chi connectivity index (χ3v) is 2.99. The van der Waals surface area contributed by atoms with Crippen LogP contribution >= 0.6 is 0 Å². The summed E-state index contributed by atoms with van der Waals surface area (Å²) in [6, 6.07) is 12.1. The number of aryl methyl sites for hydroxylation is 2. The Morgan fingerprint density at radius 2 is 1.72 bits per heavy atom. The Bertz CT molecular complexity index is 570. The van der Waals surface area contributed by atoms with Gasteiger partial charge in [-0.3, -0.25) is 4.79 Å². The van der Waals surface area contributed by atoms with E-state index in [-0.39, 0.29) is 11.6 Å². The number of rotatable bonds is 3. The molecule has 2 aromatic rings. The molecule has 2 heteroatoms. The van der Waals surface area contributed by atoms with Crippen LogP contribution in [0.3, 0.4) is 0 Å². The Kier molecular flexibility index (Phi) is 3.56. The van der Waals surface area contributed by atoms with Crippen LogP contribution in [0.15, 0.2) is 42.5 Å². The van der Waals surface area contributed by atoms with E-state index in [1.165, 1.54) is 12.1 Å². The van der Waals surface area contributed by atoms with Crippen LogP contribution in [-0.2, 0) is 6.42 Å². The highest BCUT2D eigenvalue weighted by Gasteiger charge is 2.10. The van der Waals surface area contributed by atoms with Crippen LogP contribution in [-0.4, -0.2) is 5.78 Å². The van der Waals surface area contributed by atoms with Crippen molar-refractivity contribution in [2.24, 2.45) is 0 Å². The zero-order valence-electron chi connectivity index (χ0n) is 10.5. The number of benzene rings is 2. The minimum absolute atomic E-state index is 0.0455. The normalized spacial score (nSPS) is 10.4. The molecule has 0 fully saturated rings. The van der Waals surface area contributed by atoms with E-state index in [0.29, 0.717) is 12.0 Å². The predicted octanol–water partition coefficient (Wildman–Crippen LogP) is 3.87. The molecule has 0 bridgehead atoms. The number of Topliss-reactive ketones (excluding diaryl/α,β-unsaturated/α-hetero) is 1. The second kappa shape index (κ2) is 5.13. The molecule has 92 valence electrons. The predicted molar refractivity (Wildman–Crippen MR) is 70.4 cm³/mol. The first-order valence-corrected chi connectivity index (χ1v) is 5.91. The molecule has 0 aliphatic rings. The van der Waals surface area contributed by atoms with Crippen molar-refractivity contribution in [2.45, 2.75) is 20.3 Å². The first-order valence-electron chi connectivity index (χ1n) is 5.91. The van der Waals surface area contributed by atoms with Crippen LogP contribution in [0, 0.1) is 19.7 Å². The molecule has 2 rings (SSSR count). The highest BCUT2D eigenvalue weighted by Crippen LogP contribution is 2.14. The van der Waals surface area contributed by atoms with E-state index in [2.05, 4.69) is 0 Å². The van der Waals surface area contributed by atoms with E-state index in [1.54, 1.807) is 6.07 Å². The molecule has 18 heavy (non-hydrogen) atoms. The van der Waals surface area contributed by atoms with E-state index >= 15 is 0 Å². The average Bonchev–Trinajstić information content (AvgIpc) is 2.35. The van der Waals surface area contributed by atoms with Gasteiger partial charge in [0.1, 0.15) is 5.82 Å². The number of hydrogen-bond acceptors (Lipinski definition) is 1. The summed E-state index contributed by atoms with van der Waals surface area (Å²) in [7, 11) is 0. The zero-order valence-corrected chi connectivity index (χ0v) is 10.5. The Morgan fingerprint density at radius 1 is 1.06 bits per heavy atom. The van der Waals surface area contributed by atoms with Crippen molar-refractivity contribution in [1.29, 1.82) is 0 Å². The highest BCUT2D eigenvalue weighted by molar-refractivity contribution is 5.98. The lowest BCUT2D eigenvalue weighted by Crippen LogP contribution is -2.06. The molecule has 0 heterocycles. The van der Waals surface area contributed by atoms with Crippen LogP contribution in [0.2, 0.25) is 0 Å². The molecule has 0 N–H and O–H groups in total. The molecule has 0 spiro atoms. The van der Waals surface area contributed by atoms with Crippen molar-refractivity contribution >= 4 is 5.78 Å². The van der Waals surface area contributed by atoms with Gasteiger partial charge < -0.3 is 0 Å². The standard InChI is InChI=1S/C16H15FO/c1-11-3-6-13(7-4-11)9-16(18)15-10-14(17)8-5-12(15)2/h3-8,10H,9H2,1-2H3. The van der Waals surface area contributed by atoms with Gasteiger partial charge in [0, 0.05) is 12.0 Å². The summed E-state index contributed by atoms with van der Waals surface area (Å²) in [6.45, 7) is 3.82. The lowest BCUT2D eigenvalue weighted by atomic mass is 9.99. The van der Waals surface area contributed by atoms with Gasteiger partial charge in [-0.05, 0) is 37.1 Å². The fourth-order valence-corrected chi connectivity index (χ4v) is 1.88. The summed E-state index contributed by atoms with van der Waals surface area (Å²) < 4.78 is 13.1. The van der Waals surface area contributed by atoms with Gasteiger partial charge in [0.05, 0.1) is 0 Å². The van der Waals surface area contributed by atoms with Crippen molar-refractivity contribution in [3.63, 3.8) is 0 Å². The summed E-state index contributed by atoms with van der Waals surface area (Å²) in [5.74, 6) is -0.413. The minimum atomic E-state index is -0.368. The second-order valence-corrected chi connectivity index (χ2v) is 4.54. The number of ketones is 1. The molecule has 0 radical (unpaired) electrons. The van der Waals surface area contributed by atoms with Crippen molar-refractivity contribution in [3.8, 4) is 0 Å².